The van der Waals surface area contributed by atoms with E-state index in [4.69, 9.17) is 9.47 Å². The van der Waals surface area contributed by atoms with Crippen LogP contribution < -0.4 is 0 Å². The van der Waals surface area contributed by atoms with Crippen molar-refractivity contribution in [1.82, 2.24) is 0 Å². The lowest BCUT2D eigenvalue weighted by atomic mass is 10.0. The number of aliphatic hydroxyl groups excluding tert-OH is 3. The van der Waals surface area contributed by atoms with Gasteiger partial charge in [-0.05, 0) is 6.42 Å². The Hall–Kier alpha value is -0.200. The quantitative estimate of drug-likeness (QED) is 0.544. The number of rotatable bonds is 9. The highest BCUT2D eigenvalue weighted by molar-refractivity contribution is 4.86. The van der Waals surface area contributed by atoms with E-state index in [9.17, 15) is 15.3 Å². The summed E-state index contributed by atoms with van der Waals surface area (Å²) < 4.78 is 10.7. The molecular weight excluding hydrogens is 248 g/mol. The molecule has 0 unspecified atom stereocenters. The third-order valence-electron chi connectivity index (χ3n) is 3.53. The highest BCUT2D eigenvalue weighted by atomic mass is 16.6. The van der Waals surface area contributed by atoms with Crippen LogP contribution in [0.25, 0.3) is 0 Å². The molecule has 19 heavy (non-hydrogen) atoms. The van der Waals surface area contributed by atoms with Crippen LogP contribution in [0.3, 0.4) is 0 Å². The molecule has 1 saturated heterocycles. The van der Waals surface area contributed by atoms with Crippen LogP contribution >= 0.6 is 0 Å². The Kier molecular flexibility index (Phi) is 8.57. The first-order chi connectivity index (χ1) is 9.16. The standard InChI is InChI=1S/C14H28O5/c1-2-3-4-5-6-7-8-18-10-12-14(17)13(16)11(15)9-19-12/h11-17H,2-10H2,1H3/t11-,12+,13+,14+/m1/s1. The van der Waals surface area contributed by atoms with Gasteiger partial charge in [-0.25, -0.2) is 0 Å². The van der Waals surface area contributed by atoms with Crippen LogP contribution in [-0.2, 0) is 9.47 Å². The average molecular weight is 276 g/mol. The van der Waals surface area contributed by atoms with Gasteiger partial charge in [-0.1, -0.05) is 39.0 Å². The van der Waals surface area contributed by atoms with E-state index in [1.54, 1.807) is 0 Å². The normalized spacial score (nSPS) is 31.6. The summed E-state index contributed by atoms with van der Waals surface area (Å²) in [6.07, 6.45) is 3.47. The molecule has 1 fully saturated rings. The number of unbranched alkanes of at least 4 members (excludes halogenated alkanes) is 5. The van der Waals surface area contributed by atoms with Gasteiger partial charge in [-0.3, -0.25) is 0 Å². The van der Waals surface area contributed by atoms with Crippen molar-refractivity contribution in [1.29, 1.82) is 0 Å². The molecule has 4 atom stereocenters. The van der Waals surface area contributed by atoms with Gasteiger partial charge in [-0.2, -0.15) is 0 Å². The third kappa shape index (κ3) is 6.19. The van der Waals surface area contributed by atoms with Crippen molar-refractivity contribution in [2.24, 2.45) is 0 Å². The lowest BCUT2D eigenvalue weighted by molar-refractivity contribution is -0.199. The second-order valence-electron chi connectivity index (χ2n) is 5.26. The number of aliphatic hydroxyl groups is 3. The Bertz CT molecular complexity index is 224. The molecule has 5 nitrogen and oxygen atoms in total. The smallest absolute Gasteiger partial charge is 0.111 e. The zero-order valence-electron chi connectivity index (χ0n) is 11.8. The average Bonchev–Trinajstić information content (AvgIpc) is 2.41. The third-order valence-corrected chi connectivity index (χ3v) is 3.53. The summed E-state index contributed by atoms with van der Waals surface area (Å²) in [6.45, 7) is 3.16. The fourth-order valence-electron chi connectivity index (χ4n) is 2.20. The van der Waals surface area contributed by atoms with Gasteiger partial charge in [0, 0.05) is 6.61 Å². The molecule has 1 aliphatic rings. The molecule has 3 N–H and O–H groups in total. The predicted octanol–water partition coefficient (Wildman–Crippen LogP) is 0.845. The molecule has 1 rings (SSSR count). The van der Waals surface area contributed by atoms with Gasteiger partial charge < -0.3 is 24.8 Å². The van der Waals surface area contributed by atoms with Gasteiger partial charge in [0.2, 0.25) is 0 Å². The lowest BCUT2D eigenvalue weighted by Crippen LogP contribution is -2.54. The van der Waals surface area contributed by atoms with Crippen LogP contribution in [0.15, 0.2) is 0 Å². The minimum absolute atomic E-state index is 0.0449. The van der Waals surface area contributed by atoms with Crippen LogP contribution in [0, 0.1) is 0 Å². The molecule has 5 heteroatoms. The summed E-state index contributed by atoms with van der Waals surface area (Å²) in [5, 5.41) is 28.5. The Labute approximate surface area is 115 Å². The monoisotopic (exact) mass is 276 g/mol. The zero-order valence-corrected chi connectivity index (χ0v) is 11.8. The first-order valence-electron chi connectivity index (χ1n) is 7.40. The number of hydrogen-bond acceptors (Lipinski definition) is 5. The molecule has 0 amide bonds. The lowest BCUT2D eigenvalue weighted by Gasteiger charge is -2.35. The first kappa shape index (κ1) is 16.9. The molecule has 1 aliphatic heterocycles. The van der Waals surface area contributed by atoms with Crippen LogP contribution in [0.2, 0.25) is 0 Å². The van der Waals surface area contributed by atoms with Gasteiger partial charge in [0.1, 0.15) is 24.4 Å². The molecule has 0 bridgehead atoms. The number of ether oxygens (including phenoxy) is 2. The minimum Gasteiger partial charge on any atom is -0.388 e. The summed E-state index contributed by atoms with van der Waals surface area (Å²) in [6, 6.07) is 0. The topological polar surface area (TPSA) is 79.2 Å². The summed E-state index contributed by atoms with van der Waals surface area (Å²) in [4.78, 5) is 0. The van der Waals surface area contributed by atoms with E-state index in [1.807, 2.05) is 0 Å². The summed E-state index contributed by atoms with van der Waals surface area (Å²) in [7, 11) is 0. The number of hydrogen-bond donors (Lipinski definition) is 3. The van der Waals surface area contributed by atoms with E-state index >= 15 is 0 Å². The van der Waals surface area contributed by atoms with Crippen molar-refractivity contribution < 1.29 is 24.8 Å². The maximum atomic E-state index is 9.69. The van der Waals surface area contributed by atoms with Gasteiger partial charge >= 0.3 is 0 Å². The molecular formula is C14H28O5. The van der Waals surface area contributed by atoms with Crippen LogP contribution in [0.4, 0.5) is 0 Å². The van der Waals surface area contributed by atoms with Gasteiger partial charge in [-0.15, -0.1) is 0 Å². The Morgan fingerprint density at radius 2 is 1.68 bits per heavy atom. The van der Waals surface area contributed by atoms with Crippen molar-refractivity contribution in [2.45, 2.75) is 69.9 Å². The Morgan fingerprint density at radius 1 is 1.00 bits per heavy atom. The van der Waals surface area contributed by atoms with E-state index in [-0.39, 0.29) is 13.2 Å². The van der Waals surface area contributed by atoms with Crippen molar-refractivity contribution in [3.05, 3.63) is 0 Å². The molecule has 0 aromatic heterocycles. The van der Waals surface area contributed by atoms with Crippen molar-refractivity contribution in [3.8, 4) is 0 Å². The summed E-state index contributed by atoms with van der Waals surface area (Å²) in [5.74, 6) is 0. The molecule has 0 aromatic rings. The highest BCUT2D eigenvalue weighted by Crippen LogP contribution is 2.16. The fourth-order valence-corrected chi connectivity index (χ4v) is 2.20. The molecule has 0 spiro atoms. The molecule has 0 aromatic carbocycles. The van der Waals surface area contributed by atoms with Crippen LogP contribution in [0.1, 0.15) is 45.4 Å². The van der Waals surface area contributed by atoms with Gasteiger partial charge in [0.25, 0.3) is 0 Å². The maximum absolute atomic E-state index is 9.69. The summed E-state index contributed by atoms with van der Waals surface area (Å²) >= 11 is 0. The van der Waals surface area contributed by atoms with Crippen molar-refractivity contribution in [2.75, 3.05) is 19.8 Å². The van der Waals surface area contributed by atoms with Gasteiger partial charge in [0.15, 0.2) is 0 Å². The maximum Gasteiger partial charge on any atom is 0.111 e. The predicted molar refractivity (Wildman–Crippen MR) is 72.0 cm³/mol. The molecule has 114 valence electrons. The molecule has 0 saturated carbocycles. The molecule has 1 heterocycles. The van der Waals surface area contributed by atoms with Gasteiger partial charge in [0.05, 0.1) is 13.2 Å². The van der Waals surface area contributed by atoms with Crippen molar-refractivity contribution in [3.63, 3.8) is 0 Å². The molecule has 0 radical (unpaired) electrons. The van der Waals surface area contributed by atoms with E-state index in [2.05, 4.69) is 6.92 Å². The zero-order chi connectivity index (χ0) is 14.1. The fraction of sp³-hybridized carbons (Fsp3) is 1.00. The van der Waals surface area contributed by atoms with Crippen LogP contribution in [-0.4, -0.2) is 59.6 Å². The largest absolute Gasteiger partial charge is 0.388 e. The summed E-state index contributed by atoms with van der Waals surface area (Å²) in [5.41, 5.74) is 0. The van der Waals surface area contributed by atoms with Crippen molar-refractivity contribution >= 4 is 0 Å². The second-order valence-corrected chi connectivity index (χ2v) is 5.26. The van der Waals surface area contributed by atoms with E-state index in [1.165, 1.54) is 25.7 Å². The van der Waals surface area contributed by atoms with E-state index < -0.39 is 24.4 Å². The van der Waals surface area contributed by atoms with Crippen LogP contribution in [0.5, 0.6) is 0 Å². The first-order valence-corrected chi connectivity index (χ1v) is 7.40. The highest BCUT2D eigenvalue weighted by Gasteiger charge is 2.37. The van der Waals surface area contributed by atoms with E-state index in [0.717, 1.165) is 12.8 Å². The second kappa shape index (κ2) is 9.66. The van der Waals surface area contributed by atoms with E-state index in [0.29, 0.717) is 6.61 Å². The minimum atomic E-state index is -1.14. The Balaban J connectivity index is 2.00. The Morgan fingerprint density at radius 3 is 2.42 bits per heavy atom. The SMILES string of the molecule is CCCCCCCCOC[C@@H]1OC[C@@H](O)[C@H](O)[C@H]1O. The molecule has 0 aliphatic carbocycles.